The highest BCUT2D eigenvalue weighted by Gasteiger charge is 2.35. The molecule has 2 aliphatic rings. The highest BCUT2D eigenvalue weighted by molar-refractivity contribution is 7.89. The minimum Gasteiger partial charge on any atom is -0.467 e. The van der Waals surface area contributed by atoms with Crippen LogP contribution in [-0.2, 0) is 24.3 Å². The number of amides is 1. The molecule has 0 saturated carbocycles. The second-order valence-corrected chi connectivity index (χ2v) is 11.1. The minimum atomic E-state index is -3.98. The van der Waals surface area contributed by atoms with Gasteiger partial charge in [-0.25, -0.2) is 22.6 Å². The van der Waals surface area contributed by atoms with Gasteiger partial charge >= 0.3 is 5.97 Å². The third kappa shape index (κ3) is 5.74. The van der Waals surface area contributed by atoms with Gasteiger partial charge in [-0.2, -0.15) is 9.41 Å². The van der Waals surface area contributed by atoms with E-state index in [1.54, 1.807) is 36.4 Å². The van der Waals surface area contributed by atoms with Crippen LogP contribution >= 0.6 is 11.6 Å². The normalized spacial score (nSPS) is 18.2. The fraction of sp³-hybridized carbons (Fsp3) is 0.269. The molecule has 0 unspecified atom stereocenters. The zero-order valence-electron chi connectivity index (χ0n) is 20.5. The lowest BCUT2D eigenvalue weighted by molar-refractivity contribution is -0.136. The van der Waals surface area contributed by atoms with Crippen molar-refractivity contribution >= 4 is 39.2 Å². The second-order valence-electron chi connectivity index (χ2n) is 8.76. The van der Waals surface area contributed by atoms with Crippen LogP contribution in [0.2, 0.25) is 5.02 Å². The van der Waals surface area contributed by atoms with E-state index in [2.05, 4.69) is 5.10 Å². The molecule has 2 aromatic carbocycles. The monoisotopic (exact) mass is 575 g/mol. The number of hydrogen-bond acceptors (Lipinski definition) is 8. The van der Waals surface area contributed by atoms with Gasteiger partial charge in [-0.3, -0.25) is 4.79 Å². The van der Waals surface area contributed by atoms with E-state index in [0.717, 1.165) is 28.8 Å². The number of rotatable bonds is 7. The molecular weight excluding hydrogens is 553 g/mol. The lowest BCUT2D eigenvalue weighted by Gasteiger charge is -2.26. The predicted molar refractivity (Wildman–Crippen MR) is 137 cm³/mol. The molecule has 1 amide bonds. The van der Waals surface area contributed by atoms with Crippen LogP contribution in [0.1, 0.15) is 34.1 Å². The zero-order chi connectivity index (χ0) is 27.6. The van der Waals surface area contributed by atoms with E-state index < -0.39 is 45.9 Å². The summed E-state index contributed by atoms with van der Waals surface area (Å²) in [6.45, 7) is -0.0179. The van der Waals surface area contributed by atoms with E-state index in [4.69, 9.17) is 25.5 Å². The quantitative estimate of drug-likeness (QED) is 0.395. The number of nitrogens with zero attached hydrogens (tertiary/aromatic N) is 3. The number of sulfonamides is 1. The van der Waals surface area contributed by atoms with Gasteiger partial charge < -0.3 is 13.9 Å². The summed E-state index contributed by atoms with van der Waals surface area (Å²) < 4.78 is 57.4. The molecule has 39 heavy (non-hydrogen) atoms. The van der Waals surface area contributed by atoms with Crippen molar-refractivity contribution in [3.8, 4) is 0 Å². The molecule has 2 aliphatic heterocycles. The average Bonchev–Trinajstić information content (AvgIpc) is 3.63. The molecule has 0 N–H and O–H groups in total. The van der Waals surface area contributed by atoms with Crippen LogP contribution in [0, 0.1) is 5.82 Å². The first kappa shape index (κ1) is 27.0. The van der Waals surface area contributed by atoms with Crippen LogP contribution in [0.25, 0.3) is 0 Å². The highest BCUT2D eigenvalue weighted by Crippen LogP contribution is 2.33. The van der Waals surface area contributed by atoms with Crippen molar-refractivity contribution in [2.75, 3.05) is 32.9 Å². The molecule has 13 heteroatoms. The number of carbonyl (C=O) groups is 2. The standard InChI is InChI=1S/C26H23ClFN3O7S/c27-18-5-3-17(4-6-18)22-15-23(24-2-1-11-37-24)31(29-22)25(32)16-38-26(33)20-14-19(7-8-21(20)28)39(34,35)30-9-12-36-13-10-30/h1-8,11,14,23H,9-10,12-13,15-16H2/t23-/m0/s1. The van der Waals surface area contributed by atoms with E-state index in [1.807, 2.05) is 0 Å². The number of esters is 1. The number of ether oxygens (including phenoxy) is 2. The van der Waals surface area contributed by atoms with E-state index in [-0.39, 0.29) is 31.2 Å². The largest absolute Gasteiger partial charge is 0.467 e. The molecule has 204 valence electrons. The van der Waals surface area contributed by atoms with E-state index in [9.17, 15) is 22.4 Å². The zero-order valence-corrected chi connectivity index (χ0v) is 22.0. The summed E-state index contributed by atoms with van der Waals surface area (Å²) in [6, 6.07) is 12.6. The summed E-state index contributed by atoms with van der Waals surface area (Å²) in [5, 5.41) is 6.14. The molecule has 3 aromatic rings. The summed E-state index contributed by atoms with van der Waals surface area (Å²) in [5.41, 5.74) is 0.745. The van der Waals surface area contributed by atoms with Crippen molar-refractivity contribution in [2.45, 2.75) is 17.4 Å². The number of hydrazone groups is 1. The number of hydrogen-bond donors (Lipinski definition) is 0. The minimum absolute atomic E-state index is 0.138. The van der Waals surface area contributed by atoms with Crippen LogP contribution < -0.4 is 0 Å². The van der Waals surface area contributed by atoms with Gasteiger partial charge in [0.15, 0.2) is 6.61 Å². The van der Waals surface area contributed by atoms with Crippen LogP contribution in [0.15, 0.2) is 75.3 Å². The molecular formula is C26H23ClFN3O7S. The number of morpholine rings is 1. The van der Waals surface area contributed by atoms with Gasteiger partial charge in [-0.1, -0.05) is 23.7 Å². The molecule has 1 fully saturated rings. The Morgan fingerprint density at radius 3 is 2.54 bits per heavy atom. The molecule has 1 saturated heterocycles. The van der Waals surface area contributed by atoms with Gasteiger partial charge in [-0.15, -0.1) is 0 Å². The molecule has 5 rings (SSSR count). The van der Waals surface area contributed by atoms with E-state index in [1.165, 1.54) is 10.6 Å². The predicted octanol–water partition coefficient (Wildman–Crippen LogP) is 3.63. The molecule has 0 aliphatic carbocycles. The molecule has 1 atom stereocenters. The lowest BCUT2D eigenvalue weighted by Crippen LogP contribution is -2.40. The first-order valence-corrected chi connectivity index (χ1v) is 13.8. The summed E-state index contributed by atoms with van der Waals surface area (Å²) in [5.74, 6) is -2.36. The number of carbonyl (C=O) groups excluding carboxylic acids is 2. The summed E-state index contributed by atoms with van der Waals surface area (Å²) in [7, 11) is -3.98. The van der Waals surface area contributed by atoms with Crippen molar-refractivity contribution in [2.24, 2.45) is 5.10 Å². The number of benzene rings is 2. The number of furan rings is 1. The highest BCUT2D eigenvalue weighted by atomic mass is 35.5. The van der Waals surface area contributed by atoms with Crippen molar-refractivity contribution in [3.63, 3.8) is 0 Å². The van der Waals surface area contributed by atoms with Gasteiger partial charge in [-0.05, 0) is 48.0 Å². The molecule has 3 heterocycles. The van der Waals surface area contributed by atoms with E-state index >= 15 is 0 Å². The molecule has 0 radical (unpaired) electrons. The van der Waals surface area contributed by atoms with Crippen molar-refractivity contribution in [3.05, 3.63) is 88.6 Å². The van der Waals surface area contributed by atoms with Gasteiger partial charge in [0.25, 0.3) is 5.91 Å². The summed E-state index contributed by atoms with van der Waals surface area (Å²) in [4.78, 5) is 25.6. The Morgan fingerprint density at radius 2 is 1.85 bits per heavy atom. The topological polar surface area (TPSA) is 119 Å². The summed E-state index contributed by atoms with van der Waals surface area (Å²) >= 11 is 5.98. The van der Waals surface area contributed by atoms with Crippen molar-refractivity contribution in [1.82, 2.24) is 9.31 Å². The molecule has 10 nitrogen and oxygen atoms in total. The Bertz CT molecular complexity index is 1500. The Morgan fingerprint density at radius 1 is 1.10 bits per heavy atom. The van der Waals surface area contributed by atoms with Gasteiger partial charge in [0.05, 0.1) is 35.6 Å². The maximum atomic E-state index is 14.5. The second kappa shape index (κ2) is 11.3. The SMILES string of the molecule is O=C(OCC(=O)N1N=C(c2ccc(Cl)cc2)C[C@H]1c1ccco1)c1cc(S(=O)(=O)N2CCOCC2)ccc1F. The first-order valence-electron chi connectivity index (χ1n) is 12.0. The maximum Gasteiger partial charge on any atom is 0.341 e. The fourth-order valence-electron chi connectivity index (χ4n) is 4.29. The van der Waals surface area contributed by atoms with Crippen molar-refractivity contribution in [1.29, 1.82) is 0 Å². The lowest BCUT2D eigenvalue weighted by atomic mass is 10.0. The fourth-order valence-corrected chi connectivity index (χ4v) is 5.85. The third-order valence-electron chi connectivity index (χ3n) is 6.31. The molecule has 0 spiro atoms. The first-order chi connectivity index (χ1) is 18.7. The van der Waals surface area contributed by atoms with Crippen LogP contribution in [-0.4, -0.2) is 68.2 Å². The van der Waals surface area contributed by atoms with Gasteiger partial charge in [0.1, 0.15) is 17.6 Å². The van der Waals surface area contributed by atoms with Gasteiger partial charge in [0, 0.05) is 24.5 Å². The Balaban J connectivity index is 1.32. The van der Waals surface area contributed by atoms with Crippen LogP contribution in [0.5, 0.6) is 0 Å². The number of halogens is 2. The Labute approximate surface area is 228 Å². The van der Waals surface area contributed by atoms with Gasteiger partial charge in [0.2, 0.25) is 10.0 Å². The summed E-state index contributed by atoms with van der Waals surface area (Å²) in [6.07, 6.45) is 1.81. The Kier molecular flexibility index (Phi) is 7.80. The molecule has 1 aromatic heterocycles. The Hall–Kier alpha value is -3.58. The average molecular weight is 576 g/mol. The smallest absolute Gasteiger partial charge is 0.341 e. The van der Waals surface area contributed by atoms with Crippen LogP contribution in [0.4, 0.5) is 4.39 Å². The van der Waals surface area contributed by atoms with Crippen molar-refractivity contribution < 1.29 is 36.3 Å². The maximum absolute atomic E-state index is 14.5. The van der Waals surface area contributed by atoms with E-state index in [0.29, 0.717) is 22.9 Å². The third-order valence-corrected chi connectivity index (χ3v) is 8.45. The molecule has 0 bridgehead atoms. The van der Waals surface area contributed by atoms with Crippen LogP contribution in [0.3, 0.4) is 0 Å².